The Labute approximate surface area is 169 Å². The van der Waals surface area contributed by atoms with Gasteiger partial charge in [0.25, 0.3) is 0 Å². The number of methoxy groups -OCH3 is 1. The second-order valence-corrected chi connectivity index (χ2v) is 6.27. The molecule has 0 saturated heterocycles. The second-order valence-electron chi connectivity index (χ2n) is 6.27. The van der Waals surface area contributed by atoms with Gasteiger partial charge in [-0.25, -0.2) is 29.1 Å². The number of amides is 1. The van der Waals surface area contributed by atoms with Crippen LogP contribution in [0.25, 0.3) is 17.3 Å². The van der Waals surface area contributed by atoms with Crippen molar-refractivity contribution in [1.82, 2.24) is 24.3 Å². The van der Waals surface area contributed by atoms with Crippen molar-refractivity contribution >= 4 is 29.1 Å². The molecule has 30 heavy (non-hydrogen) atoms. The van der Waals surface area contributed by atoms with Crippen LogP contribution in [0.1, 0.15) is 11.3 Å². The Balaban J connectivity index is 1.80. The van der Waals surface area contributed by atoms with Gasteiger partial charge in [-0.05, 0) is 17.7 Å². The number of carbonyl (C=O) groups is 1. The Kier molecular flexibility index (Phi) is 4.84. The van der Waals surface area contributed by atoms with Gasteiger partial charge in [-0.15, -0.1) is 0 Å². The molecular weight excluding hydrogens is 391 g/mol. The van der Waals surface area contributed by atoms with Gasteiger partial charge in [0.1, 0.15) is 11.5 Å². The minimum absolute atomic E-state index is 0.0381. The van der Waals surface area contributed by atoms with Crippen molar-refractivity contribution in [3.63, 3.8) is 0 Å². The lowest BCUT2D eigenvalue weighted by molar-refractivity contribution is 0.187. The molecule has 0 aliphatic heterocycles. The van der Waals surface area contributed by atoms with Gasteiger partial charge >= 0.3 is 6.09 Å². The molecule has 152 valence electrons. The number of ether oxygens (including phenoxy) is 1. The van der Waals surface area contributed by atoms with E-state index in [1.807, 2.05) is 0 Å². The number of imidazole rings is 1. The van der Waals surface area contributed by atoms with E-state index in [2.05, 4.69) is 30.0 Å². The highest BCUT2D eigenvalue weighted by atomic mass is 19.1. The molecule has 3 aromatic heterocycles. The van der Waals surface area contributed by atoms with Gasteiger partial charge in [0.05, 0.1) is 12.8 Å². The molecule has 0 bridgehead atoms. The maximum atomic E-state index is 14.1. The topological polar surface area (TPSA) is 146 Å². The summed E-state index contributed by atoms with van der Waals surface area (Å²) in [4.78, 5) is 28.8. The smallest absolute Gasteiger partial charge is 0.411 e. The molecule has 0 spiro atoms. The molecule has 1 amide bonds. The van der Waals surface area contributed by atoms with Crippen LogP contribution in [-0.2, 0) is 11.2 Å². The molecule has 0 fully saturated rings. The summed E-state index contributed by atoms with van der Waals surface area (Å²) in [5.74, 6) is 0.00755. The summed E-state index contributed by atoms with van der Waals surface area (Å²) in [7, 11) is 1.21. The van der Waals surface area contributed by atoms with Crippen molar-refractivity contribution in [2.24, 2.45) is 0 Å². The summed E-state index contributed by atoms with van der Waals surface area (Å²) in [6.07, 6.45) is 2.80. The largest absolute Gasteiger partial charge is 0.453 e. The van der Waals surface area contributed by atoms with Crippen LogP contribution < -0.4 is 16.8 Å². The number of aromatic nitrogens is 5. The minimum Gasteiger partial charge on any atom is -0.453 e. The van der Waals surface area contributed by atoms with Crippen LogP contribution >= 0.6 is 0 Å². The maximum absolute atomic E-state index is 14.1. The molecule has 10 nitrogen and oxygen atoms in total. The maximum Gasteiger partial charge on any atom is 0.411 e. The van der Waals surface area contributed by atoms with E-state index in [4.69, 9.17) is 11.5 Å². The monoisotopic (exact) mass is 408 g/mol. The number of rotatable bonds is 4. The van der Waals surface area contributed by atoms with Gasteiger partial charge in [0.15, 0.2) is 28.9 Å². The number of anilines is 3. The highest BCUT2D eigenvalue weighted by molar-refractivity contribution is 5.92. The van der Waals surface area contributed by atoms with Crippen molar-refractivity contribution in [3.8, 4) is 11.6 Å². The lowest BCUT2D eigenvalue weighted by Gasteiger charge is -2.10. The number of fused-ring (bicyclic) bond motifs is 1. The summed E-state index contributed by atoms with van der Waals surface area (Å²) < 4.78 is 20.3. The van der Waals surface area contributed by atoms with Gasteiger partial charge in [0.2, 0.25) is 0 Å². The molecule has 0 aliphatic rings. The molecule has 0 unspecified atom stereocenters. The zero-order valence-electron chi connectivity index (χ0n) is 15.8. The molecule has 4 rings (SSSR count). The second kappa shape index (κ2) is 7.62. The first-order chi connectivity index (χ1) is 14.5. The summed E-state index contributed by atoms with van der Waals surface area (Å²) in [6, 6.07) is 8.16. The van der Waals surface area contributed by atoms with Crippen molar-refractivity contribution in [2.45, 2.75) is 6.42 Å². The van der Waals surface area contributed by atoms with E-state index >= 15 is 0 Å². The van der Waals surface area contributed by atoms with Crippen LogP contribution in [0.15, 0.2) is 42.7 Å². The Bertz CT molecular complexity index is 1230. The van der Waals surface area contributed by atoms with Crippen molar-refractivity contribution in [2.75, 3.05) is 23.9 Å². The molecule has 0 saturated carbocycles. The number of nitrogens with zero attached hydrogens (tertiary/aromatic N) is 5. The third-order valence-electron chi connectivity index (χ3n) is 4.37. The van der Waals surface area contributed by atoms with Gasteiger partial charge in [0, 0.05) is 18.8 Å². The summed E-state index contributed by atoms with van der Waals surface area (Å²) in [5.41, 5.74) is 13.5. The van der Waals surface area contributed by atoms with Crippen LogP contribution in [-0.4, -0.2) is 37.5 Å². The van der Waals surface area contributed by atoms with Gasteiger partial charge < -0.3 is 16.2 Å². The van der Waals surface area contributed by atoms with Gasteiger partial charge in [-0.2, -0.15) is 0 Å². The van der Waals surface area contributed by atoms with E-state index in [-0.39, 0.29) is 35.4 Å². The number of hydrogen-bond acceptors (Lipinski definition) is 8. The molecule has 0 atom stereocenters. The summed E-state index contributed by atoms with van der Waals surface area (Å²) >= 11 is 0. The highest BCUT2D eigenvalue weighted by Gasteiger charge is 2.20. The first-order valence-electron chi connectivity index (χ1n) is 8.81. The lowest BCUT2D eigenvalue weighted by Crippen LogP contribution is -2.16. The molecule has 4 aromatic rings. The van der Waals surface area contributed by atoms with Gasteiger partial charge in [-0.3, -0.25) is 9.72 Å². The van der Waals surface area contributed by atoms with Crippen LogP contribution in [0, 0.1) is 5.82 Å². The summed E-state index contributed by atoms with van der Waals surface area (Å²) in [5, 5.41) is 2.37. The quantitative estimate of drug-likeness (QED) is 0.466. The number of halogens is 1. The fourth-order valence-electron chi connectivity index (χ4n) is 2.96. The van der Waals surface area contributed by atoms with E-state index in [1.54, 1.807) is 41.1 Å². The third-order valence-corrected chi connectivity index (χ3v) is 4.37. The fourth-order valence-corrected chi connectivity index (χ4v) is 2.96. The Hall–Kier alpha value is -4.28. The first kappa shape index (κ1) is 19.1. The number of nitrogens with two attached hydrogens (primary N) is 2. The van der Waals surface area contributed by atoms with E-state index in [1.165, 1.54) is 13.2 Å². The fraction of sp³-hybridized carbons (Fsp3) is 0.105. The Morgan fingerprint density at radius 2 is 1.90 bits per heavy atom. The number of benzene rings is 1. The van der Waals surface area contributed by atoms with E-state index < -0.39 is 6.09 Å². The van der Waals surface area contributed by atoms with Gasteiger partial charge in [-0.1, -0.05) is 18.2 Å². The number of hydrogen-bond donors (Lipinski definition) is 3. The molecule has 1 aromatic carbocycles. The molecule has 5 N–H and O–H groups in total. The van der Waals surface area contributed by atoms with E-state index in [0.717, 1.165) is 0 Å². The van der Waals surface area contributed by atoms with Crippen molar-refractivity contribution in [1.29, 1.82) is 0 Å². The van der Waals surface area contributed by atoms with Crippen LogP contribution in [0.5, 0.6) is 0 Å². The average Bonchev–Trinajstić information content (AvgIpc) is 3.10. The molecule has 3 heterocycles. The number of nitrogen functional groups attached to an aromatic ring is 2. The minimum atomic E-state index is -0.757. The molecule has 0 aliphatic carbocycles. The predicted octanol–water partition coefficient (Wildman–Crippen LogP) is 2.26. The molecular formula is C19H17FN8O2. The summed E-state index contributed by atoms with van der Waals surface area (Å²) in [6.45, 7) is 0. The van der Waals surface area contributed by atoms with Crippen molar-refractivity contribution < 1.29 is 13.9 Å². The average molecular weight is 408 g/mol. The van der Waals surface area contributed by atoms with Crippen LogP contribution in [0.3, 0.4) is 0 Å². The first-order valence-corrected chi connectivity index (χ1v) is 8.81. The number of carbonyl (C=O) groups excluding carboxylic acids is 1. The van der Waals surface area contributed by atoms with E-state index in [0.29, 0.717) is 22.7 Å². The highest BCUT2D eigenvalue weighted by Crippen LogP contribution is 2.28. The number of nitrogens with one attached hydrogen (secondary N) is 1. The Morgan fingerprint density at radius 3 is 2.60 bits per heavy atom. The van der Waals surface area contributed by atoms with Crippen LogP contribution in [0.2, 0.25) is 0 Å². The molecule has 0 radical (unpaired) electrons. The normalized spacial score (nSPS) is 10.9. The third kappa shape index (κ3) is 3.43. The predicted molar refractivity (Wildman–Crippen MR) is 108 cm³/mol. The van der Waals surface area contributed by atoms with Crippen molar-refractivity contribution in [3.05, 3.63) is 59.8 Å². The van der Waals surface area contributed by atoms with E-state index in [9.17, 15) is 9.18 Å². The SMILES string of the molecule is COC(=O)Nc1c(N)nc(-c2nc(Cc3ccccc3F)c3ncccn23)nc1N. The standard InChI is InChI=1S/C19H17FN8O2/c1-30-19(29)25-13-14(21)26-16(27-15(13)22)18-24-12(17-23-7-4-8-28(17)18)9-10-5-2-3-6-11(10)20/h2-8H,9H2,1H3,(H,25,29)(H4,21,22,26,27). The zero-order valence-corrected chi connectivity index (χ0v) is 15.8. The Morgan fingerprint density at radius 1 is 1.17 bits per heavy atom. The lowest BCUT2D eigenvalue weighted by atomic mass is 10.1. The molecule has 11 heteroatoms. The van der Waals surface area contributed by atoms with Crippen LogP contribution in [0.4, 0.5) is 26.5 Å². The zero-order chi connectivity index (χ0) is 21.3.